The minimum absolute atomic E-state index is 0.436. The van der Waals surface area contributed by atoms with E-state index in [2.05, 4.69) is 0 Å². The van der Waals surface area contributed by atoms with Gasteiger partial charge in [-0.05, 0) is 77.1 Å². The van der Waals surface area contributed by atoms with Crippen molar-refractivity contribution in [3.8, 4) is 5.75 Å². The van der Waals surface area contributed by atoms with E-state index < -0.39 is 23.7 Å². The van der Waals surface area contributed by atoms with Crippen LogP contribution in [0.5, 0.6) is 5.75 Å². The van der Waals surface area contributed by atoms with Gasteiger partial charge in [0.15, 0.2) is 0 Å². The molecule has 1 saturated heterocycles. The number of benzene rings is 1. The van der Waals surface area contributed by atoms with Crippen LogP contribution in [0.4, 0.5) is 10.5 Å². The molecule has 1 aromatic rings. The summed E-state index contributed by atoms with van der Waals surface area (Å²) in [5.74, 6) is 0.0121. The monoisotopic (exact) mass is 348 g/mol. The van der Waals surface area contributed by atoms with Crippen LogP contribution in [0.15, 0.2) is 12.1 Å². The highest BCUT2D eigenvalue weighted by molar-refractivity contribution is 5.83. The highest BCUT2D eigenvalue weighted by atomic mass is 16.6. The first-order valence-corrected chi connectivity index (χ1v) is 8.66. The second-order valence-corrected chi connectivity index (χ2v) is 7.58. The lowest BCUT2D eigenvalue weighted by molar-refractivity contribution is -0.141. The maximum atomic E-state index is 12.7. The van der Waals surface area contributed by atoms with E-state index >= 15 is 0 Å². The van der Waals surface area contributed by atoms with Crippen molar-refractivity contribution in [2.24, 2.45) is 0 Å². The molecule has 0 bridgehead atoms. The van der Waals surface area contributed by atoms with Gasteiger partial charge in [0.25, 0.3) is 0 Å². The molecule has 1 aliphatic heterocycles. The third kappa shape index (κ3) is 4.87. The van der Waals surface area contributed by atoms with E-state index in [0.717, 1.165) is 24.0 Å². The Labute approximate surface area is 149 Å². The maximum Gasteiger partial charge on any atom is 0.411 e. The van der Waals surface area contributed by atoms with E-state index in [-0.39, 0.29) is 0 Å². The summed E-state index contributed by atoms with van der Waals surface area (Å²) < 4.78 is 11.0. The molecule has 0 saturated carbocycles. The third-order valence-corrected chi connectivity index (χ3v) is 4.19. The fraction of sp³-hybridized carbons (Fsp3) is 0.579. The summed E-state index contributed by atoms with van der Waals surface area (Å²) in [5.41, 5.74) is 7.73. The zero-order chi connectivity index (χ0) is 18.8. The highest BCUT2D eigenvalue weighted by Crippen LogP contribution is 2.26. The van der Waals surface area contributed by atoms with Crippen LogP contribution in [0.3, 0.4) is 0 Å². The summed E-state index contributed by atoms with van der Waals surface area (Å²) in [6, 6.07) is 2.85. The number of rotatable bonds is 2. The van der Waals surface area contributed by atoms with Crippen LogP contribution in [0.25, 0.3) is 0 Å². The Morgan fingerprint density at radius 2 is 1.76 bits per heavy atom. The highest BCUT2D eigenvalue weighted by Gasteiger charge is 2.36. The van der Waals surface area contributed by atoms with Gasteiger partial charge in [-0.1, -0.05) is 0 Å². The number of nitrogen functional groups attached to an aromatic ring is 1. The summed E-state index contributed by atoms with van der Waals surface area (Å²) in [4.78, 5) is 26.5. The van der Waals surface area contributed by atoms with Gasteiger partial charge in [0.2, 0.25) is 0 Å². The standard InChI is InChI=1S/C19H28N2O4/c1-12-10-14(11-13(2)16(12)20)24-17(22)15-8-6-7-9-21(15)18(23)25-19(3,4)5/h10-11,15H,6-9,20H2,1-5H3/t15-/m0/s1. The predicted octanol–water partition coefficient (Wildman–Crippen LogP) is 3.58. The number of likely N-dealkylation sites (tertiary alicyclic amines) is 1. The van der Waals surface area contributed by atoms with Gasteiger partial charge in [0.05, 0.1) is 0 Å². The Bertz CT molecular complexity index is 641. The summed E-state index contributed by atoms with van der Waals surface area (Å²) in [6.07, 6.45) is 1.83. The van der Waals surface area contributed by atoms with Gasteiger partial charge in [-0.3, -0.25) is 4.90 Å². The van der Waals surface area contributed by atoms with E-state index in [0.29, 0.717) is 24.4 Å². The molecule has 1 aliphatic rings. The first-order valence-electron chi connectivity index (χ1n) is 8.66. The van der Waals surface area contributed by atoms with Crippen molar-refractivity contribution >= 4 is 17.7 Å². The summed E-state index contributed by atoms with van der Waals surface area (Å²) in [6.45, 7) is 9.65. The SMILES string of the molecule is Cc1cc(OC(=O)[C@@H]2CCCCN2C(=O)OC(C)(C)C)cc(C)c1N. The van der Waals surface area contributed by atoms with E-state index in [1.165, 1.54) is 4.90 Å². The van der Waals surface area contributed by atoms with Crippen LogP contribution in [0.1, 0.15) is 51.2 Å². The minimum Gasteiger partial charge on any atom is -0.444 e. The number of esters is 1. The molecule has 1 amide bonds. The molecule has 0 aliphatic carbocycles. The van der Waals surface area contributed by atoms with Crippen LogP contribution in [0.2, 0.25) is 0 Å². The molecule has 1 aromatic carbocycles. The Hall–Kier alpha value is -2.24. The van der Waals surface area contributed by atoms with E-state index in [4.69, 9.17) is 15.2 Å². The van der Waals surface area contributed by atoms with Crippen LogP contribution < -0.4 is 10.5 Å². The van der Waals surface area contributed by atoms with Crippen molar-refractivity contribution in [2.75, 3.05) is 12.3 Å². The second kappa shape index (κ2) is 7.33. The molecule has 0 aromatic heterocycles. The predicted molar refractivity (Wildman–Crippen MR) is 96.5 cm³/mol. The van der Waals surface area contributed by atoms with Gasteiger partial charge in [-0.2, -0.15) is 0 Å². The smallest absolute Gasteiger partial charge is 0.411 e. The number of hydrogen-bond acceptors (Lipinski definition) is 5. The average molecular weight is 348 g/mol. The molecular weight excluding hydrogens is 320 g/mol. The topological polar surface area (TPSA) is 81.9 Å². The number of carbonyl (C=O) groups is 2. The zero-order valence-electron chi connectivity index (χ0n) is 15.7. The summed E-state index contributed by atoms with van der Waals surface area (Å²) >= 11 is 0. The van der Waals surface area contributed by atoms with Gasteiger partial charge in [-0.25, -0.2) is 9.59 Å². The van der Waals surface area contributed by atoms with Crippen molar-refractivity contribution in [2.45, 2.75) is 65.5 Å². The Balaban J connectivity index is 2.14. The largest absolute Gasteiger partial charge is 0.444 e. The molecule has 1 fully saturated rings. The molecule has 2 rings (SSSR count). The van der Waals surface area contributed by atoms with Gasteiger partial charge in [0.1, 0.15) is 17.4 Å². The number of hydrogen-bond donors (Lipinski definition) is 1. The maximum absolute atomic E-state index is 12.7. The molecule has 0 unspecified atom stereocenters. The van der Waals surface area contributed by atoms with Gasteiger partial charge in [0, 0.05) is 12.2 Å². The lowest BCUT2D eigenvalue weighted by Gasteiger charge is -2.35. The first-order chi connectivity index (χ1) is 11.6. The van der Waals surface area contributed by atoms with E-state index in [1.807, 2.05) is 34.6 Å². The minimum atomic E-state index is -0.623. The fourth-order valence-corrected chi connectivity index (χ4v) is 2.89. The van der Waals surface area contributed by atoms with Crippen molar-refractivity contribution in [1.82, 2.24) is 4.90 Å². The van der Waals surface area contributed by atoms with Crippen molar-refractivity contribution in [3.05, 3.63) is 23.3 Å². The summed E-state index contributed by atoms with van der Waals surface area (Å²) in [7, 11) is 0. The molecule has 2 N–H and O–H groups in total. The Morgan fingerprint density at radius 3 is 2.32 bits per heavy atom. The Kier molecular flexibility index (Phi) is 5.60. The number of nitrogens with two attached hydrogens (primary N) is 1. The first kappa shape index (κ1) is 19.1. The zero-order valence-corrected chi connectivity index (χ0v) is 15.7. The quantitative estimate of drug-likeness (QED) is 0.502. The Morgan fingerprint density at radius 1 is 1.16 bits per heavy atom. The normalized spacial score (nSPS) is 18.0. The second-order valence-electron chi connectivity index (χ2n) is 7.58. The molecule has 0 spiro atoms. The van der Waals surface area contributed by atoms with Crippen LogP contribution in [0, 0.1) is 13.8 Å². The molecule has 1 heterocycles. The molecule has 138 valence electrons. The summed E-state index contributed by atoms with van der Waals surface area (Å²) in [5, 5.41) is 0. The number of anilines is 1. The van der Waals surface area contributed by atoms with Gasteiger partial charge >= 0.3 is 12.1 Å². The van der Waals surface area contributed by atoms with Crippen LogP contribution >= 0.6 is 0 Å². The van der Waals surface area contributed by atoms with E-state index in [9.17, 15) is 9.59 Å². The number of nitrogens with zero attached hydrogens (tertiary/aromatic N) is 1. The number of aryl methyl sites for hydroxylation is 2. The molecule has 6 heteroatoms. The third-order valence-electron chi connectivity index (χ3n) is 4.19. The lowest BCUT2D eigenvalue weighted by atomic mass is 10.0. The van der Waals surface area contributed by atoms with E-state index in [1.54, 1.807) is 12.1 Å². The molecule has 1 atom stereocenters. The average Bonchev–Trinajstić information content (AvgIpc) is 2.50. The number of amides is 1. The number of ether oxygens (including phenoxy) is 2. The molecule has 0 radical (unpaired) electrons. The number of piperidine rings is 1. The van der Waals surface area contributed by atoms with Crippen molar-refractivity contribution < 1.29 is 19.1 Å². The molecule has 25 heavy (non-hydrogen) atoms. The van der Waals surface area contributed by atoms with Gasteiger partial charge in [-0.15, -0.1) is 0 Å². The van der Waals surface area contributed by atoms with Gasteiger partial charge < -0.3 is 15.2 Å². The van der Waals surface area contributed by atoms with Crippen molar-refractivity contribution in [3.63, 3.8) is 0 Å². The molecule has 6 nitrogen and oxygen atoms in total. The van der Waals surface area contributed by atoms with Crippen molar-refractivity contribution in [1.29, 1.82) is 0 Å². The fourth-order valence-electron chi connectivity index (χ4n) is 2.89. The van der Waals surface area contributed by atoms with Crippen LogP contribution in [-0.4, -0.2) is 35.2 Å². The van der Waals surface area contributed by atoms with Crippen LogP contribution in [-0.2, 0) is 9.53 Å². The number of carbonyl (C=O) groups excluding carboxylic acids is 2. The molecular formula is C19H28N2O4. The lowest BCUT2D eigenvalue weighted by Crippen LogP contribution is -2.51.